The predicted octanol–water partition coefficient (Wildman–Crippen LogP) is 3.43. The van der Waals surface area contributed by atoms with E-state index in [1.54, 1.807) is 0 Å². The second-order valence-electron chi connectivity index (χ2n) is 6.66. The number of benzene rings is 1. The van der Waals surface area contributed by atoms with Gasteiger partial charge in [-0.05, 0) is 36.2 Å². The summed E-state index contributed by atoms with van der Waals surface area (Å²) in [6, 6.07) is 10.7. The summed E-state index contributed by atoms with van der Waals surface area (Å²) in [7, 11) is 2.07. The molecule has 0 amide bonds. The fourth-order valence-corrected chi connectivity index (χ4v) is 3.73. The van der Waals surface area contributed by atoms with E-state index >= 15 is 0 Å². The number of halogens is 1. The van der Waals surface area contributed by atoms with Crippen molar-refractivity contribution in [1.82, 2.24) is 14.5 Å². The van der Waals surface area contributed by atoms with Crippen molar-refractivity contribution in [1.29, 1.82) is 0 Å². The van der Waals surface area contributed by atoms with Gasteiger partial charge in [0.05, 0.1) is 5.69 Å². The highest BCUT2D eigenvalue weighted by Crippen LogP contribution is 2.29. The lowest BCUT2D eigenvalue weighted by atomic mass is 10.1. The first-order chi connectivity index (χ1) is 11.6. The summed E-state index contributed by atoms with van der Waals surface area (Å²) < 4.78 is 2.17. The van der Waals surface area contributed by atoms with E-state index in [0.717, 1.165) is 47.9 Å². The summed E-state index contributed by atoms with van der Waals surface area (Å²) in [5.74, 6) is 0. The van der Waals surface area contributed by atoms with E-state index in [1.807, 2.05) is 24.5 Å². The third-order valence-corrected chi connectivity index (χ3v) is 5.05. The van der Waals surface area contributed by atoms with E-state index in [4.69, 9.17) is 17.3 Å². The molecule has 0 radical (unpaired) electrons. The largest absolute Gasteiger partial charge is 0.344 e. The maximum absolute atomic E-state index is 6.14. The lowest BCUT2D eigenvalue weighted by molar-refractivity contribution is 0.326. The number of pyridine rings is 1. The van der Waals surface area contributed by atoms with Crippen LogP contribution in [-0.2, 0) is 13.6 Å². The quantitative estimate of drug-likeness (QED) is 0.794. The second kappa shape index (κ2) is 6.20. The van der Waals surface area contributed by atoms with Crippen molar-refractivity contribution in [2.45, 2.75) is 19.0 Å². The van der Waals surface area contributed by atoms with Crippen molar-refractivity contribution >= 4 is 22.5 Å². The number of fused-ring (bicyclic) bond motifs is 1. The van der Waals surface area contributed by atoms with E-state index in [1.165, 1.54) is 10.9 Å². The first-order valence-corrected chi connectivity index (χ1v) is 8.65. The molecule has 2 N–H and O–H groups in total. The highest BCUT2D eigenvalue weighted by atomic mass is 35.5. The van der Waals surface area contributed by atoms with Gasteiger partial charge in [-0.15, -0.1) is 0 Å². The fourth-order valence-electron chi connectivity index (χ4n) is 3.56. The van der Waals surface area contributed by atoms with Crippen LogP contribution < -0.4 is 5.73 Å². The number of nitrogens with two attached hydrogens (primary N) is 1. The number of likely N-dealkylation sites (tertiary alicyclic amines) is 1. The minimum atomic E-state index is 0.309. The molecule has 0 unspecified atom stereocenters. The Balaban J connectivity index is 1.67. The molecule has 3 aromatic rings. The maximum Gasteiger partial charge on any atom is 0.0504 e. The summed E-state index contributed by atoms with van der Waals surface area (Å²) in [6.45, 7) is 2.94. The fraction of sp³-hybridized carbons (Fsp3) is 0.316. The molecule has 3 heterocycles. The highest BCUT2D eigenvalue weighted by molar-refractivity contribution is 6.31. The van der Waals surface area contributed by atoms with Gasteiger partial charge in [0.15, 0.2) is 0 Å². The lowest BCUT2D eigenvalue weighted by Gasteiger charge is -2.15. The van der Waals surface area contributed by atoms with E-state index in [9.17, 15) is 0 Å². The maximum atomic E-state index is 6.14. The van der Waals surface area contributed by atoms with Gasteiger partial charge < -0.3 is 10.3 Å². The Bertz CT molecular complexity index is 886. The third kappa shape index (κ3) is 2.93. The van der Waals surface area contributed by atoms with E-state index in [2.05, 4.69) is 39.7 Å². The molecular weight excluding hydrogens is 320 g/mol. The van der Waals surface area contributed by atoms with Crippen LogP contribution in [0, 0.1) is 0 Å². The Hall–Kier alpha value is -1.88. The molecule has 1 atom stereocenters. The lowest BCUT2D eigenvalue weighted by Crippen LogP contribution is -2.26. The summed E-state index contributed by atoms with van der Waals surface area (Å²) in [5, 5.41) is 1.94. The average molecular weight is 341 g/mol. The summed E-state index contributed by atoms with van der Waals surface area (Å²) in [5.41, 5.74) is 10.6. The Labute approximate surface area is 146 Å². The Morgan fingerprint density at radius 1 is 1.25 bits per heavy atom. The summed E-state index contributed by atoms with van der Waals surface area (Å²) in [6.07, 6.45) is 4.96. The molecule has 4 rings (SSSR count). The number of nitrogens with zero attached hydrogens (tertiary/aromatic N) is 3. The Kier molecular flexibility index (Phi) is 4.04. The van der Waals surface area contributed by atoms with Gasteiger partial charge in [0, 0.05) is 66.6 Å². The average Bonchev–Trinajstić information content (AvgIpc) is 3.12. The number of hydrogen-bond donors (Lipinski definition) is 1. The van der Waals surface area contributed by atoms with Gasteiger partial charge in [-0.25, -0.2) is 0 Å². The second-order valence-corrected chi connectivity index (χ2v) is 7.09. The van der Waals surface area contributed by atoms with Crippen molar-refractivity contribution in [3.8, 4) is 11.3 Å². The van der Waals surface area contributed by atoms with Crippen molar-refractivity contribution < 1.29 is 0 Å². The number of hydrogen-bond acceptors (Lipinski definition) is 3. The van der Waals surface area contributed by atoms with Gasteiger partial charge in [-0.2, -0.15) is 0 Å². The van der Waals surface area contributed by atoms with Crippen molar-refractivity contribution in [2.75, 3.05) is 13.1 Å². The molecule has 1 saturated heterocycles. The predicted molar refractivity (Wildman–Crippen MR) is 99.0 cm³/mol. The molecule has 0 spiro atoms. The molecule has 5 heteroatoms. The zero-order valence-electron chi connectivity index (χ0n) is 13.7. The monoisotopic (exact) mass is 340 g/mol. The van der Waals surface area contributed by atoms with Gasteiger partial charge >= 0.3 is 0 Å². The molecule has 1 fully saturated rings. The molecule has 0 bridgehead atoms. The zero-order valence-corrected chi connectivity index (χ0v) is 14.5. The molecule has 2 aromatic heterocycles. The molecule has 0 saturated carbocycles. The van der Waals surface area contributed by atoms with Crippen LogP contribution in [0.2, 0.25) is 5.02 Å². The van der Waals surface area contributed by atoms with Crippen LogP contribution in [0.1, 0.15) is 12.0 Å². The molecule has 24 heavy (non-hydrogen) atoms. The third-order valence-electron chi connectivity index (χ3n) is 4.81. The standard InChI is InChI=1S/C19H21ClN4/c1-23-18(7-14-2-3-16(20)8-19(14)23)15-6-13(9-22-10-15)11-24-5-4-17(21)12-24/h2-3,6-10,17H,4-5,11-12,21H2,1H3/t17-/m1/s1. The van der Waals surface area contributed by atoms with Gasteiger partial charge in [-0.3, -0.25) is 9.88 Å². The minimum Gasteiger partial charge on any atom is -0.344 e. The first kappa shape index (κ1) is 15.6. The van der Waals surface area contributed by atoms with Crippen LogP contribution in [0.5, 0.6) is 0 Å². The van der Waals surface area contributed by atoms with Crippen molar-refractivity contribution in [2.24, 2.45) is 12.8 Å². The molecule has 1 aliphatic heterocycles. The normalized spacial score (nSPS) is 18.5. The number of aromatic nitrogens is 2. The van der Waals surface area contributed by atoms with Gasteiger partial charge in [0.2, 0.25) is 0 Å². The van der Waals surface area contributed by atoms with Crippen molar-refractivity contribution in [3.05, 3.63) is 53.3 Å². The molecule has 1 aliphatic rings. The van der Waals surface area contributed by atoms with Crippen LogP contribution in [0.15, 0.2) is 42.7 Å². The van der Waals surface area contributed by atoms with E-state index in [-0.39, 0.29) is 0 Å². The van der Waals surface area contributed by atoms with Crippen molar-refractivity contribution in [3.63, 3.8) is 0 Å². The molecule has 124 valence electrons. The van der Waals surface area contributed by atoms with Crippen LogP contribution in [0.3, 0.4) is 0 Å². The number of rotatable bonds is 3. The highest BCUT2D eigenvalue weighted by Gasteiger charge is 2.19. The molecular formula is C19H21ClN4. The van der Waals surface area contributed by atoms with E-state index < -0.39 is 0 Å². The van der Waals surface area contributed by atoms with Gasteiger partial charge in [0.1, 0.15) is 0 Å². The summed E-state index contributed by atoms with van der Waals surface area (Å²) >= 11 is 6.14. The summed E-state index contributed by atoms with van der Waals surface area (Å²) in [4.78, 5) is 6.85. The van der Waals surface area contributed by atoms with Crippen LogP contribution in [0.4, 0.5) is 0 Å². The first-order valence-electron chi connectivity index (χ1n) is 8.27. The number of aryl methyl sites for hydroxylation is 1. The van der Waals surface area contributed by atoms with E-state index in [0.29, 0.717) is 6.04 Å². The minimum absolute atomic E-state index is 0.309. The van der Waals surface area contributed by atoms with Crippen LogP contribution in [-0.4, -0.2) is 33.6 Å². The van der Waals surface area contributed by atoms with Crippen LogP contribution >= 0.6 is 11.6 Å². The molecule has 1 aromatic carbocycles. The van der Waals surface area contributed by atoms with Crippen LogP contribution in [0.25, 0.3) is 22.2 Å². The van der Waals surface area contributed by atoms with Gasteiger partial charge in [0.25, 0.3) is 0 Å². The SMILES string of the molecule is Cn1c(-c2cncc(CN3CC[C@@H](N)C3)c2)cc2ccc(Cl)cc21. The molecule has 4 nitrogen and oxygen atoms in total. The Morgan fingerprint density at radius 2 is 2.12 bits per heavy atom. The van der Waals surface area contributed by atoms with Gasteiger partial charge in [-0.1, -0.05) is 17.7 Å². The smallest absolute Gasteiger partial charge is 0.0504 e. The topological polar surface area (TPSA) is 47.1 Å². The Morgan fingerprint density at radius 3 is 2.92 bits per heavy atom. The zero-order chi connectivity index (χ0) is 16.7. The molecule has 0 aliphatic carbocycles.